The van der Waals surface area contributed by atoms with E-state index in [0.29, 0.717) is 10.8 Å². The fourth-order valence-corrected chi connectivity index (χ4v) is 6.95. The van der Waals surface area contributed by atoms with Gasteiger partial charge in [0.15, 0.2) is 5.05 Å². The van der Waals surface area contributed by atoms with Gasteiger partial charge in [-0.15, -0.1) is 0 Å². The smallest absolute Gasteiger partial charge is 0.407 e. The van der Waals surface area contributed by atoms with E-state index in [9.17, 15) is 4.79 Å². The molecule has 0 spiro atoms. The molecule has 3 aromatic carbocycles. The minimum Gasteiger partial charge on any atom is -0.538 e. The van der Waals surface area contributed by atoms with E-state index in [4.69, 9.17) is 21.4 Å². The Balaban J connectivity index is 1.39. The van der Waals surface area contributed by atoms with Crippen molar-refractivity contribution in [1.82, 2.24) is 5.32 Å². The maximum atomic E-state index is 12.9. The molecule has 0 aliphatic heterocycles. The van der Waals surface area contributed by atoms with Crippen molar-refractivity contribution in [2.24, 2.45) is 0 Å². The van der Waals surface area contributed by atoms with E-state index in [0.717, 1.165) is 5.75 Å². The molecule has 0 saturated heterocycles. The molecule has 0 aromatic heterocycles. The van der Waals surface area contributed by atoms with Gasteiger partial charge in [0, 0.05) is 17.4 Å². The molecule has 4 rings (SSSR count). The number of thiocarbonyl (C=S) groups is 1. The number of nitrogens with one attached hydrogen (secondary N) is 1. The van der Waals surface area contributed by atoms with E-state index in [2.05, 4.69) is 61.4 Å². The first-order valence-electron chi connectivity index (χ1n) is 11.8. The molecule has 7 heteroatoms. The van der Waals surface area contributed by atoms with Crippen LogP contribution in [0.1, 0.15) is 22.6 Å². The average Bonchev–Trinajstić information content (AvgIpc) is 3.15. The summed E-state index contributed by atoms with van der Waals surface area (Å²) in [7, 11) is -1.90. The number of amides is 1. The molecule has 0 heterocycles. The first kappa shape index (κ1) is 25.5. The first-order chi connectivity index (χ1) is 16.8. The second-order valence-electron chi connectivity index (χ2n) is 9.56. The third kappa shape index (κ3) is 6.75. The highest BCUT2D eigenvalue weighted by Crippen LogP contribution is 2.44. The highest BCUT2D eigenvalue weighted by Gasteiger charge is 2.30. The van der Waals surface area contributed by atoms with Crippen LogP contribution in [0.15, 0.2) is 78.9 Å². The molecule has 1 N–H and O–H groups in total. The number of hydrogen-bond acceptors (Lipinski definition) is 5. The van der Waals surface area contributed by atoms with E-state index in [1.165, 1.54) is 27.8 Å². The lowest BCUT2D eigenvalue weighted by Crippen LogP contribution is -2.46. The zero-order valence-corrected chi connectivity index (χ0v) is 23.0. The predicted octanol–water partition coefficient (Wildman–Crippen LogP) is 7.01. The van der Waals surface area contributed by atoms with Crippen LogP contribution < -0.4 is 5.32 Å². The van der Waals surface area contributed by atoms with Gasteiger partial charge in [0.1, 0.15) is 12.6 Å². The molecule has 182 valence electrons. The van der Waals surface area contributed by atoms with Gasteiger partial charge in [0.05, 0.1) is 0 Å². The molecule has 0 fully saturated rings. The minimum absolute atomic E-state index is 0.0178. The highest BCUT2D eigenvalue weighted by molar-refractivity contribution is 7.98. The molecule has 0 bridgehead atoms. The van der Waals surface area contributed by atoms with Crippen molar-refractivity contribution in [2.45, 2.75) is 37.4 Å². The van der Waals surface area contributed by atoms with Crippen molar-refractivity contribution < 1.29 is 14.0 Å². The van der Waals surface area contributed by atoms with Crippen LogP contribution in [0.4, 0.5) is 4.79 Å². The normalized spacial score (nSPS) is 13.5. The molecular formula is C28H31NO3S2Si. The summed E-state index contributed by atoms with van der Waals surface area (Å²) >= 11 is 7.31. The summed E-state index contributed by atoms with van der Waals surface area (Å²) in [5.41, 5.74) is 6.02. The average molecular weight is 522 g/mol. The summed E-state index contributed by atoms with van der Waals surface area (Å²) in [5.74, 6) is 1.46. The topological polar surface area (TPSA) is 47.6 Å². The van der Waals surface area contributed by atoms with Gasteiger partial charge >= 0.3 is 6.09 Å². The van der Waals surface area contributed by atoms with Gasteiger partial charge in [0.25, 0.3) is 0 Å². The van der Waals surface area contributed by atoms with E-state index >= 15 is 0 Å². The molecule has 1 aliphatic carbocycles. The Bertz CT molecular complexity index is 1130. The number of carbonyl (C=O) groups excluding carboxylic acids is 1. The van der Waals surface area contributed by atoms with Gasteiger partial charge in [-0.05, 0) is 59.7 Å². The third-order valence-corrected chi connectivity index (χ3v) is 8.18. The Kier molecular flexibility index (Phi) is 8.31. The summed E-state index contributed by atoms with van der Waals surface area (Å²) < 4.78 is 11.8. The van der Waals surface area contributed by atoms with Gasteiger partial charge in [-0.1, -0.05) is 78.9 Å². The van der Waals surface area contributed by atoms with Crippen molar-refractivity contribution in [3.05, 3.63) is 95.6 Å². The molecule has 1 aliphatic rings. The van der Waals surface area contributed by atoms with Crippen LogP contribution in [-0.2, 0) is 14.9 Å². The molecule has 35 heavy (non-hydrogen) atoms. The zero-order chi connectivity index (χ0) is 24.8. The minimum atomic E-state index is -1.90. The molecular weight excluding hydrogens is 491 g/mol. The number of fused-ring (bicyclic) bond motifs is 3. The largest absolute Gasteiger partial charge is 0.538 e. The second kappa shape index (κ2) is 11.4. The molecule has 0 saturated carbocycles. The summed E-state index contributed by atoms with van der Waals surface area (Å²) in [6.45, 7) is 6.52. The van der Waals surface area contributed by atoms with E-state index in [1.54, 1.807) is 11.8 Å². The van der Waals surface area contributed by atoms with E-state index < -0.39 is 20.5 Å². The summed E-state index contributed by atoms with van der Waals surface area (Å²) in [6.07, 6.45) is -0.473. The number of ether oxygens (including phenoxy) is 1. The fraction of sp³-hybridized carbons (Fsp3) is 0.286. The number of benzene rings is 3. The molecule has 0 radical (unpaired) electrons. The van der Waals surface area contributed by atoms with Crippen LogP contribution in [0, 0.1) is 0 Å². The van der Waals surface area contributed by atoms with Crippen molar-refractivity contribution in [3.8, 4) is 11.1 Å². The SMILES string of the molecule is C[Si](C)(C)OC(=S)C(CSCc1ccccc1)NC(=O)OCC1c2ccccc2-c2ccccc21. The highest BCUT2D eigenvalue weighted by atomic mass is 32.2. The summed E-state index contributed by atoms with van der Waals surface area (Å²) in [4.78, 5) is 12.9. The van der Waals surface area contributed by atoms with Crippen molar-refractivity contribution in [1.29, 1.82) is 0 Å². The van der Waals surface area contributed by atoms with Crippen molar-refractivity contribution in [2.75, 3.05) is 12.4 Å². The Labute approximate surface area is 218 Å². The Hall–Kier alpha value is -2.61. The van der Waals surface area contributed by atoms with Crippen LogP contribution >= 0.6 is 24.0 Å². The van der Waals surface area contributed by atoms with E-state index in [1.807, 2.05) is 42.5 Å². The van der Waals surface area contributed by atoms with Crippen LogP contribution in [-0.4, -0.2) is 37.9 Å². The van der Waals surface area contributed by atoms with Gasteiger partial charge in [-0.25, -0.2) is 4.79 Å². The Morgan fingerprint density at radius 1 is 0.943 bits per heavy atom. The van der Waals surface area contributed by atoms with Gasteiger partial charge in [-0.2, -0.15) is 11.8 Å². The number of hydrogen-bond donors (Lipinski definition) is 1. The van der Waals surface area contributed by atoms with Crippen LogP contribution in [0.2, 0.25) is 19.6 Å². The predicted molar refractivity (Wildman–Crippen MR) is 152 cm³/mol. The second-order valence-corrected chi connectivity index (χ2v) is 15.4. The lowest BCUT2D eigenvalue weighted by Gasteiger charge is -2.26. The monoisotopic (exact) mass is 521 g/mol. The number of alkyl carbamates (subject to hydrolysis) is 1. The Morgan fingerprint density at radius 2 is 1.51 bits per heavy atom. The quantitative estimate of drug-likeness (QED) is 0.242. The Morgan fingerprint density at radius 3 is 2.11 bits per heavy atom. The number of carbonyl (C=O) groups is 1. The summed E-state index contributed by atoms with van der Waals surface area (Å²) in [6, 6.07) is 26.5. The molecule has 1 atom stereocenters. The molecule has 4 nitrogen and oxygen atoms in total. The number of thioether (sulfide) groups is 1. The lowest BCUT2D eigenvalue weighted by atomic mass is 9.98. The van der Waals surface area contributed by atoms with Crippen molar-refractivity contribution in [3.63, 3.8) is 0 Å². The fourth-order valence-electron chi connectivity index (χ4n) is 4.19. The zero-order valence-electron chi connectivity index (χ0n) is 20.3. The van der Waals surface area contributed by atoms with Crippen LogP contribution in [0.25, 0.3) is 11.1 Å². The van der Waals surface area contributed by atoms with Gasteiger partial charge < -0.3 is 14.5 Å². The molecule has 1 unspecified atom stereocenters. The molecule has 1 amide bonds. The standard InChI is InChI=1S/C28H31NO3S2Si/c1-35(2,3)32-27(33)26(19-34-18-20-11-5-4-6-12-20)29-28(30)31-17-25-23-15-9-7-13-21(23)22-14-8-10-16-24(22)25/h4-16,25-26H,17-19H2,1-3H3,(H,29,30). The molecule has 3 aromatic rings. The van der Waals surface area contributed by atoms with E-state index in [-0.39, 0.29) is 12.5 Å². The number of rotatable bonds is 9. The van der Waals surface area contributed by atoms with Crippen molar-refractivity contribution >= 4 is 43.4 Å². The maximum Gasteiger partial charge on any atom is 0.407 e. The first-order valence-corrected chi connectivity index (χ1v) is 16.7. The third-order valence-electron chi connectivity index (χ3n) is 5.72. The van der Waals surface area contributed by atoms with Crippen LogP contribution in [0.5, 0.6) is 0 Å². The van der Waals surface area contributed by atoms with Gasteiger partial charge in [-0.3, -0.25) is 0 Å². The lowest BCUT2D eigenvalue weighted by molar-refractivity contribution is 0.141. The van der Waals surface area contributed by atoms with Crippen LogP contribution in [0.3, 0.4) is 0 Å². The maximum absolute atomic E-state index is 12.9. The van der Waals surface area contributed by atoms with Gasteiger partial charge in [0.2, 0.25) is 8.32 Å². The summed E-state index contributed by atoms with van der Waals surface area (Å²) in [5, 5.41) is 3.40.